The summed E-state index contributed by atoms with van der Waals surface area (Å²) in [5.74, 6) is -0.0522. The topological polar surface area (TPSA) is 104 Å². The van der Waals surface area contributed by atoms with Gasteiger partial charge in [-0.25, -0.2) is 4.90 Å². The molecule has 1 saturated heterocycles. The molecular formula is C19H13BrN6O3. The number of imide groups is 1. The molecule has 2 aliphatic rings. The molecule has 2 aliphatic heterocycles. The Kier molecular flexibility index (Phi) is 4.20. The molecule has 144 valence electrons. The second-order valence-corrected chi connectivity index (χ2v) is 7.47. The molecule has 2 aromatic carbocycles. The van der Waals surface area contributed by atoms with Gasteiger partial charge in [0.1, 0.15) is 6.54 Å². The van der Waals surface area contributed by atoms with E-state index in [1.807, 2.05) is 30.3 Å². The Labute approximate surface area is 173 Å². The Bertz CT molecular complexity index is 1110. The number of amides is 2. The van der Waals surface area contributed by atoms with E-state index in [0.29, 0.717) is 11.5 Å². The van der Waals surface area contributed by atoms with Crippen LogP contribution in [-0.2, 0) is 16.1 Å². The average Bonchev–Trinajstić information content (AvgIpc) is 3.43. The molecule has 0 spiro atoms. The van der Waals surface area contributed by atoms with E-state index in [1.165, 1.54) is 5.01 Å². The number of rotatable bonds is 4. The summed E-state index contributed by atoms with van der Waals surface area (Å²) in [5.41, 5.74) is 1.31. The van der Waals surface area contributed by atoms with Crippen molar-refractivity contribution < 1.29 is 14.1 Å². The number of carbonyl (C=O) groups is 2. The maximum Gasteiger partial charge on any atom is 0.263 e. The molecule has 9 nitrogen and oxygen atoms in total. The summed E-state index contributed by atoms with van der Waals surface area (Å²) in [6.07, 6.45) is 0. The van der Waals surface area contributed by atoms with Crippen LogP contribution in [0.1, 0.15) is 5.89 Å². The van der Waals surface area contributed by atoms with E-state index in [1.54, 1.807) is 24.3 Å². The van der Waals surface area contributed by atoms with Gasteiger partial charge in [0.25, 0.3) is 11.8 Å². The van der Waals surface area contributed by atoms with E-state index in [-0.39, 0.29) is 18.3 Å². The van der Waals surface area contributed by atoms with Crippen LogP contribution in [0.25, 0.3) is 11.4 Å². The van der Waals surface area contributed by atoms with Gasteiger partial charge in [-0.3, -0.25) is 14.6 Å². The number of fused-ring (bicyclic) bond motifs is 1. The molecule has 2 amide bonds. The smallest absolute Gasteiger partial charge is 0.263 e. The van der Waals surface area contributed by atoms with Gasteiger partial charge in [0.15, 0.2) is 12.1 Å². The molecule has 0 saturated carbocycles. The van der Waals surface area contributed by atoms with Crippen molar-refractivity contribution in [1.82, 2.24) is 15.1 Å². The van der Waals surface area contributed by atoms with Gasteiger partial charge >= 0.3 is 0 Å². The van der Waals surface area contributed by atoms with Gasteiger partial charge in [0.2, 0.25) is 11.7 Å². The number of hydrogen-bond acceptors (Lipinski definition) is 8. The van der Waals surface area contributed by atoms with Crippen molar-refractivity contribution in [3.05, 3.63) is 65.0 Å². The Morgan fingerprint density at radius 1 is 1.00 bits per heavy atom. The summed E-state index contributed by atoms with van der Waals surface area (Å²) in [5, 5.41) is 13.4. The van der Waals surface area contributed by atoms with E-state index in [9.17, 15) is 9.59 Å². The van der Waals surface area contributed by atoms with Crippen molar-refractivity contribution >= 4 is 33.4 Å². The quantitative estimate of drug-likeness (QED) is 0.563. The van der Waals surface area contributed by atoms with Gasteiger partial charge in [-0.1, -0.05) is 56.6 Å². The normalized spacial score (nSPS) is 20.6. The van der Waals surface area contributed by atoms with Crippen LogP contribution in [0.2, 0.25) is 0 Å². The highest BCUT2D eigenvalue weighted by Gasteiger charge is 2.55. The standard InChI is InChI=1S/C19H13BrN6O3/c20-12-6-8-13(9-7-12)26-18(27)15-16(19(26)28)25(24-22-15)10-14-21-17(23-29-14)11-4-2-1-3-5-11/h1-9,15-16H,10H2/t15-,16+/m0/s1. The average molecular weight is 453 g/mol. The predicted octanol–water partition coefficient (Wildman–Crippen LogP) is 2.99. The lowest BCUT2D eigenvalue weighted by Crippen LogP contribution is -2.39. The van der Waals surface area contributed by atoms with Crippen molar-refractivity contribution in [2.45, 2.75) is 18.6 Å². The SMILES string of the molecule is O=C1[C@H]2N=NN(Cc3nc(-c4ccccc4)no3)[C@H]2C(=O)N1c1ccc(Br)cc1. The lowest BCUT2D eigenvalue weighted by molar-refractivity contribution is -0.123. The van der Waals surface area contributed by atoms with Gasteiger partial charge in [-0.2, -0.15) is 10.1 Å². The highest BCUT2D eigenvalue weighted by atomic mass is 79.9. The number of nitrogens with zero attached hydrogens (tertiary/aromatic N) is 6. The van der Waals surface area contributed by atoms with Crippen LogP contribution in [0.4, 0.5) is 5.69 Å². The molecular weight excluding hydrogens is 440 g/mol. The summed E-state index contributed by atoms with van der Waals surface area (Å²) in [6, 6.07) is 14.6. The highest BCUT2D eigenvalue weighted by Crippen LogP contribution is 2.33. The summed E-state index contributed by atoms with van der Waals surface area (Å²) in [7, 11) is 0. The first-order valence-corrected chi connectivity index (χ1v) is 9.60. The van der Waals surface area contributed by atoms with Crippen LogP contribution in [0.15, 0.2) is 73.9 Å². The molecule has 0 bridgehead atoms. The molecule has 0 radical (unpaired) electrons. The van der Waals surface area contributed by atoms with Gasteiger partial charge in [-0.05, 0) is 24.3 Å². The molecule has 10 heteroatoms. The number of aromatic nitrogens is 2. The minimum absolute atomic E-state index is 0.0810. The van der Waals surface area contributed by atoms with Crippen LogP contribution in [-0.4, -0.2) is 39.0 Å². The third-order valence-electron chi connectivity index (χ3n) is 4.74. The second kappa shape index (κ2) is 6.89. The van der Waals surface area contributed by atoms with E-state index >= 15 is 0 Å². The van der Waals surface area contributed by atoms with Gasteiger partial charge < -0.3 is 4.52 Å². The molecule has 2 atom stereocenters. The van der Waals surface area contributed by atoms with Crippen molar-refractivity contribution in [2.24, 2.45) is 10.3 Å². The fraction of sp³-hybridized carbons (Fsp3) is 0.158. The first-order valence-electron chi connectivity index (χ1n) is 8.80. The maximum absolute atomic E-state index is 13.0. The molecule has 5 rings (SSSR count). The molecule has 0 unspecified atom stereocenters. The minimum atomic E-state index is -0.873. The van der Waals surface area contributed by atoms with Crippen LogP contribution >= 0.6 is 15.9 Å². The summed E-state index contributed by atoms with van der Waals surface area (Å²) in [6.45, 7) is 0.0810. The largest absolute Gasteiger partial charge is 0.337 e. The molecule has 3 heterocycles. The Balaban J connectivity index is 1.37. The number of halogens is 1. The van der Waals surface area contributed by atoms with Gasteiger partial charge in [0, 0.05) is 10.0 Å². The van der Waals surface area contributed by atoms with Gasteiger partial charge in [0.05, 0.1) is 5.69 Å². The minimum Gasteiger partial charge on any atom is -0.337 e. The van der Waals surface area contributed by atoms with Crippen molar-refractivity contribution in [1.29, 1.82) is 0 Å². The van der Waals surface area contributed by atoms with Crippen LogP contribution in [0.5, 0.6) is 0 Å². The summed E-state index contributed by atoms with van der Waals surface area (Å²) < 4.78 is 6.15. The van der Waals surface area contributed by atoms with E-state index in [2.05, 4.69) is 36.4 Å². The Morgan fingerprint density at radius 2 is 1.76 bits per heavy atom. The van der Waals surface area contributed by atoms with Crippen LogP contribution in [0.3, 0.4) is 0 Å². The number of hydrogen-bond donors (Lipinski definition) is 0. The Morgan fingerprint density at radius 3 is 2.52 bits per heavy atom. The molecule has 1 aromatic heterocycles. The first-order chi connectivity index (χ1) is 14.1. The maximum atomic E-state index is 13.0. The first kappa shape index (κ1) is 17.7. The van der Waals surface area contributed by atoms with Gasteiger partial charge in [-0.15, -0.1) is 0 Å². The lowest BCUT2D eigenvalue weighted by Gasteiger charge is -2.19. The molecule has 29 heavy (non-hydrogen) atoms. The molecule has 0 aliphatic carbocycles. The third-order valence-corrected chi connectivity index (χ3v) is 5.27. The number of benzene rings is 2. The molecule has 0 N–H and O–H groups in total. The second-order valence-electron chi connectivity index (χ2n) is 6.56. The Hall–Kier alpha value is -3.40. The summed E-state index contributed by atoms with van der Waals surface area (Å²) >= 11 is 3.34. The van der Waals surface area contributed by atoms with E-state index < -0.39 is 18.0 Å². The van der Waals surface area contributed by atoms with Crippen molar-refractivity contribution in [3.8, 4) is 11.4 Å². The zero-order valence-electron chi connectivity index (χ0n) is 14.8. The van der Waals surface area contributed by atoms with Crippen LogP contribution in [0, 0.1) is 0 Å². The monoisotopic (exact) mass is 452 g/mol. The third kappa shape index (κ3) is 3.01. The van der Waals surface area contributed by atoms with Crippen molar-refractivity contribution in [3.63, 3.8) is 0 Å². The molecule has 1 fully saturated rings. The predicted molar refractivity (Wildman–Crippen MR) is 104 cm³/mol. The van der Waals surface area contributed by atoms with E-state index in [0.717, 1.165) is 14.9 Å². The fourth-order valence-electron chi connectivity index (χ4n) is 3.36. The lowest BCUT2D eigenvalue weighted by atomic mass is 10.1. The van der Waals surface area contributed by atoms with Crippen molar-refractivity contribution in [2.75, 3.05) is 4.90 Å². The van der Waals surface area contributed by atoms with E-state index in [4.69, 9.17) is 4.52 Å². The summed E-state index contributed by atoms with van der Waals surface area (Å²) in [4.78, 5) is 31.2. The number of anilines is 1. The highest BCUT2D eigenvalue weighted by molar-refractivity contribution is 9.10. The zero-order valence-corrected chi connectivity index (χ0v) is 16.4. The van der Waals surface area contributed by atoms with Crippen LogP contribution < -0.4 is 4.90 Å². The zero-order chi connectivity index (χ0) is 20.0. The fourth-order valence-corrected chi connectivity index (χ4v) is 3.62. The molecule has 3 aromatic rings. The number of carbonyl (C=O) groups excluding carboxylic acids is 2.